The molecule has 15 heavy (non-hydrogen) atoms. The molecule has 3 atom stereocenters. The molecule has 0 aromatic heterocycles. The van der Waals surface area contributed by atoms with Crippen LogP contribution in [0.2, 0.25) is 0 Å². The lowest BCUT2D eigenvalue weighted by molar-refractivity contribution is -0.133. The Bertz CT molecular complexity index is 241. The molecule has 1 aliphatic carbocycles. The van der Waals surface area contributed by atoms with Crippen LogP contribution >= 0.6 is 0 Å². The standard InChI is InChI=1S/C11H22N2O2/c1-5-7(12)10(14)13-8-6-9(15-4)11(8,2)3/h7-9H,5-6,12H2,1-4H3,(H,13,14)/t7-,8?,9?/m0/s1. The molecule has 1 amide bonds. The third-order valence-corrected chi connectivity index (χ3v) is 3.56. The van der Waals surface area contributed by atoms with E-state index in [-0.39, 0.29) is 29.5 Å². The van der Waals surface area contributed by atoms with Gasteiger partial charge >= 0.3 is 0 Å². The molecule has 0 spiro atoms. The van der Waals surface area contributed by atoms with Crippen LogP contribution in [-0.2, 0) is 9.53 Å². The number of hydrogen-bond acceptors (Lipinski definition) is 3. The number of nitrogens with one attached hydrogen (secondary N) is 1. The smallest absolute Gasteiger partial charge is 0.237 e. The molecule has 0 bridgehead atoms. The largest absolute Gasteiger partial charge is 0.381 e. The lowest BCUT2D eigenvalue weighted by Crippen LogP contribution is -2.63. The number of ether oxygens (including phenoxy) is 1. The van der Waals surface area contributed by atoms with Crippen molar-refractivity contribution in [3.8, 4) is 0 Å². The predicted molar refractivity (Wildman–Crippen MR) is 59.4 cm³/mol. The fourth-order valence-electron chi connectivity index (χ4n) is 1.99. The van der Waals surface area contributed by atoms with Crippen molar-refractivity contribution in [1.29, 1.82) is 0 Å². The molecule has 0 radical (unpaired) electrons. The molecule has 4 nitrogen and oxygen atoms in total. The van der Waals surface area contributed by atoms with Gasteiger partial charge in [0, 0.05) is 18.6 Å². The van der Waals surface area contributed by atoms with E-state index in [0.717, 1.165) is 6.42 Å². The van der Waals surface area contributed by atoms with Crippen molar-refractivity contribution in [2.24, 2.45) is 11.1 Å². The van der Waals surface area contributed by atoms with Crippen LogP contribution in [0.4, 0.5) is 0 Å². The quantitative estimate of drug-likeness (QED) is 0.722. The van der Waals surface area contributed by atoms with Crippen LogP contribution in [0.5, 0.6) is 0 Å². The van der Waals surface area contributed by atoms with E-state index in [1.54, 1.807) is 7.11 Å². The first-order chi connectivity index (χ1) is 6.93. The summed E-state index contributed by atoms with van der Waals surface area (Å²) < 4.78 is 5.32. The lowest BCUT2D eigenvalue weighted by atomic mass is 9.64. The van der Waals surface area contributed by atoms with Gasteiger partial charge in [0.25, 0.3) is 0 Å². The van der Waals surface area contributed by atoms with Gasteiger partial charge in [0.1, 0.15) is 0 Å². The first-order valence-electron chi connectivity index (χ1n) is 5.52. The molecular formula is C11H22N2O2. The van der Waals surface area contributed by atoms with E-state index in [0.29, 0.717) is 6.42 Å². The molecule has 1 rings (SSSR count). The van der Waals surface area contributed by atoms with Gasteiger partial charge in [-0.3, -0.25) is 4.79 Å². The van der Waals surface area contributed by atoms with Gasteiger partial charge in [-0.05, 0) is 12.8 Å². The summed E-state index contributed by atoms with van der Waals surface area (Å²) in [6, 6.07) is -0.199. The van der Waals surface area contributed by atoms with Gasteiger partial charge in [0.2, 0.25) is 5.91 Å². The van der Waals surface area contributed by atoms with Crippen molar-refractivity contribution in [2.75, 3.05) is 7.11 Å². The molecule has 88 valence electrons. The van der Waals surface area contributed by atoms with E-state index in [4.69, 9.17) is 10.5 Å². The summed E-state index contributed by atoms with van der Waals surface area (Å²) in [7, 11) is 1.71. The second-order valence-corrected chi connectivity index (χ2v) is 4.86. The molecule has 0 aliphatic heterocycles. The molecular weight excluding hydrogens is 192 g/mol. The van der Waals surface area contributed by atoms with E-state index >= 15 is 0 Å². The second-order valence-electron chi connectivity index (χ2n) is 4.86. The number of amides is 1. The van der Waals surface area contributed by atoms with E-state index in [1.807, 2.05) is 6.92 Å². The van der Waals surface area contributed by atoms with Crippen molar-refractivity contribution in [2.45, 2.75) is 51.8 Å². The van der Waals surface area contributed by atoms with Crippen molar-refractivity contribution >= 4 is 5.91 Å². The van der Waals surface area contributed by atoms with Crippen molar-refractivity contribution in [3.63, 3.8) is 0 Å². The normalized spacial score (nSPS) is 30.5. The summed E-state index contributed by atoms with van der Waals surface area (Å²) in [5.74, 6) is -0.0508. The zero-order chi connectivity index (χ0) is 11.6. The number of carbonyl (C=O) groups is 1. The molecule has 3 N–H and O–H groups in total. The molecule has 0 aromatic rings. The number of nitrogens with two attached hydrogens (primary N) is 1. The summed E-state index contributed by atoms with van der Waals surface area (Å²) in [5.41, 5.74) is 5.67. The molecule has 0 heterocycles. The summed E-state index contributed by atoms with van der Waals surface area (Å²) in [6.45, 7) is 6.12. The summed E-state index contributed by atoms with van der Waals surface area (Å²) in [4.78, 5) is 11.6. The van der Waals surface area contributed by atoms with Crippen molar-refractivity contribution < 1.29 is 9.53 Å². The Morgan fingerprint density at radius 1 is 1.67 bits per heavy atom. The van der Waals surface area contributed by atoms with E-state index in [2.05, 4.69) is 19.2 Å². The van der Waals surface area contributed by atoms with Crippen molar-refractivity contribution in [1.82, 2.24) is 5.32 Å². The highest BCUT2D eigenvalue weighted by Gasteiger charge is 2.49. The van der Waals surface area contributed by atoms with E-state index in [9.17, 15) is 4.79 Å². The van der Waals surface area contributed by atoms with Crippen LogP contribution in [-0.4, -0.2) is 31.2 Å². The van der Waals surface area contributed by atoms with Gasteiger partial charge in [-0.15, -0.1) is 0 Å². The fourth-order valence-corrected chi connectivity index (χ4v) is 1.99. The molecule has 1 aliphatic rings. The van der Waals surface area contributed by atoms with E-state index < -0.39 is 0 Å². The Morgan fingerprint density at radius 3 is 2.67 bits per heavy atom. The molecule has 0 saturated heterocycles. The Labute approximate surface area is 91.5 Å². The van der Waals surface area contributed by atoms with Gasteiger partial charge < -0.3 is 15.8 Å². The van der Waals surface area contributed by atoms with Crippen LogP contribution in [0.1, 0.15) is 33.6 Å². The van der Waals surface area contributed by atoms with Gasteiger partial charge in [0.05, 0.1) is 12.1 Å². The minimum absolute atomic E-state index is 0.0118. The van der Waals surface area contributed by atoms with E-state index in [1.165, 1.54) is 0 Å². The maximum atomic E-state index is 11.6. The van der Waals surface area contributed by atoms with Crippen LogP contribution < -0.4 is 11.1 Å². The molecule has 1 fully saturated rings. The second kappa shape index (κ2) is 4.49. The topological polar surface area (TPSA) is 64.4 Å². The van der Waals surface area contributed by atoms with Crippen LogP contribution in [0.25, 0.3) is 0 Å². The highest BCUT2D eigenvalue weighted by Crippen LogP contribution is 2.42. The average Bonchev–Trinajstić information content (AvgIpc) is 2.21. The zero-order valence-corrected chi connectivity index (χ0v) is 10.0. The molecule has 1 saturated carbocycles. The maximum Gasteiger partial charge on any atom is 0.237 e. The minimum Gasteiger partial charge on any atom is -0.381 e. The Balaban J connectivity index is 2.46. The Kier molecular flexibility index (Phi) is 3.73. The number of rotatable bonds is 4. The van der Waals surface area contributed by atoms with Crippen LogP contribution in [0, 0.1) is 5.41 Å². The van der Waals surface area contributed by atoms with Crippen molar-refractivity contribution in [3.05, 3.63) is 0 Å². The molecule has 0 aromatic carbocycles. The fraction of sp³-hybridized carbons (Fsp3) is 0.909. The summed E-state index contributed by atoms with van der Waals surface area (Å²) >= 11 is 0. The zero-order valence-electron chi connectivity index (χ0n) is 10.0. The summed E-state index contributed by atoms with van der Waals surface area (Å²) in [6.07, 6.45) is 1.79. The molecule has 4 heteroatoms. The van der Waals surface area contributed by atoms with Crippen LogP contribution in [0.3, 0.4) is 0 Å². The Morgan fingerprint density at radius 2 is 2.27 bits per heavy atom. The SMILES string of the molecule is CC[C@H](N)C(=O)NC1CC(OC)C1(C)C. The van der Waals surface area contributed by atoms with Gasteiger partial charge in [-0.1, -0.05) is 20.8 Å². The average molecular weight is 214 g/mol. The highest BCUT2D eigenvalue weighted by atomic mass is 16.5. The maximum absolute atomic E-state index is 11.6. The molecule has 2 unspecified atom stereocenters. The highest BCUT2D eigenvalue weighted by molar-refractivity contribution is 5.81. The van der Waals surface area contributed by atoms with Gasteiger partial charge in [0.15, 0.2) is 0 Å². The minimum atomic E-state index is -0.387. The third-order valence-electron chi connectivity index (χ3n) is 3.56. The van der Waals surface area contributed by atoms with Gasteiger partial charge in [-0.25, -0.2) is 0 Å². The first-order valence-corrected chi connectivity index (χ1v) is 5.52. The number of methoxy groups -OCH3 is 1. The Hall–Kier alpha value is -0.610. The predicted octanol–water partition coefficient (Wildman–Crippen LogP) is 0.653. The monoisotopic (exact) mass is 214 g/mol. The first kappa shape index (κ1) is 12.5. The van der Waals surface area contributed by atoms with Gasteiger partial charge in [-0.2, -0.15) is 0 Å². The third kappa shape index (κ3) is 2.32. The van der Waals surface area contributed by atoms with Crippen LogP contribution in [0.15, 0.2) is 0 Å². The summed E-state index contributed by atoms with van der Waals surface area (Å²) in [5, 5.41) is 2.98. The lowest BCUT2D eigenvalue weighted by Gasteiger charge is -2.51. The number of carbonyl (C=O) groups excluding carboxylic acids is 1. The number of hydrogen-bond donors (Lipinski definition) is 2.